The summed E-state index contributed by atoms with van der Waals surface area (Å²) >= 11 is 0.908. The number of fused-ring (bicyclic) bond motifs is 1. The second-order valence-corrected chi connectivity index (χ2v) is 10.4. The molecule has 2 N–H and O–H groups in total. The van der Waals surface area contributed by atoms with Gasteiger partial charge >= 0.3 is 11.9 Å². The van der Waals surface area contributed by atoms with E-state index >= 15 is 0 Å². The molecule has 1 atom stereocenters. The molecule has 4 aromatic rings. The van der Waals surface area contributed by atoms with Gasteiger partial charge in [-0.25, -0.2) is 14.8 Å². The number of nitrogens with zero attached hydrogens (tertiary/aromatic N) is 4. The van der Waals surface area contributed by atoms with Gasteiger partial charge < -0.3 is 24.1 Å². The molecular formula is C29H28N4O7S. The van der Waals surface area contributed by atoms with Crippen LogP contribution < -0.4 is 9.64 Å². The molecule has 0 aliphatic carbocycles. The van der Waals surface area contributed by atoms with Crippen LogP contribution in [0.5, 0.6) is 11.5 Å². The number of hydrogen-bond donors (Lipinski definition) is 2. The summed E-state index contributed by atoms with van der Waals surface area (Å²) in [5, 5.41) is 22.1. The van der Waals surface area contributed by atoms with Gasteiger partial charge in [0.15, 0.2) is 22.4 Å². The standard InChI is InChI=1S/C29H28N4O7S/c1-6-39-19-13-17(10-11-18(19)34)22-20(23(35)21-16(5)32-12-8-9-14(3)26(32)31-21)24(36)27(37)33(22)29-30-15(4)25(41-29)28(38)40-7-2/h8-13,22,34-35H,6-7H2,1-5H3/b23-20+. The molecule has 11 nitrogen and oxygen atoms in total. The number of phenolic OH excluding ortho intramolecular Hbond substituents is 1. The maximum absolute atomic E-state index is 13.6. The normalized spacial score (nSPS) is 16.5. The Balaban J connectivity index is 1.75. The Morgan fingerprint density at radius 2 is 1.85 bits per heavy atom. The molecule has 1 saturated heterocycles. The van der Waals surface area contributed by atoms with Crippen molar-refractivity contribution in [3.8, 4) is 11.5 Å². The van der Waals surface area contributed by atoms with Gasteiger partial charge in [0.1, 0.15) is 16.2 Å². The van der Waals surface area contributed by atoms with E-state index in [4.69, 9.17) is 9.47 Å². The number of ether oxygens (including phenoxy) is 2. The van der Waals surface area contributed by atoms with Crippen molar-refractivity contribution in [1.29, 1.82) is 0 Å². The number of rotatable bonds is 7. The lowest BCUT2D eigenvalue weighted by molar-refractivity contribution is -0.132. The minimum absolute atomic E-state index is 0.0744. The van der Waals surface area contributed by atoms with Gasteiger partial charge in [0.05, 0.1) is 36.2 Å². The predicted molar refractivity (Wildman–Crippen MR) is 152 cm³/mol. The molecule has 1 aliphatic heterocycles. The van der Waals surface area contributed by atoms with Crippen LogP contribution in [0.2, 0.25) is 0 Å². The lowest BCUT2D eigenvalue weighted by Crippen LogP contribution is -2.29. The number of amides is 1. The summed E-state index contributed by atoms with van der Waals surface area (Å²) < 4.78 is 12.5. The van der Waals surface area contributed by atoms with E-state index in [-0.39, 0.29) is 46.0 Å². The molecule has 3 aromatic heterocycles. The first kappa shape index (κ1) is 27.8. The van der Waals surface area contributed by atoms with E-state index in [9.17, 15) is 24.6 Å². The molecule has 0 spiro atoms. The molecule has 12 heteroatoms. The molecule has 0 radical (unpaired) electrons. The van der Waals surface area contributed by atoms with Gasteiger partial charge in [0.2, 0.25) is 0 Å². The molecule has 1 aromatic carbocycles. The predicted octanol–water partition coefficient (Wildman–Crippen LogP) is 4.62. The summed E-state index contributed by atoms with van der Waals surface area (Å²) in [6.07, 6.45) is 1.79. The summed E-state index contributed by atoms with van der Waals surface area (Å²) in [5.41, 5.74) is 2.66. The molecule has 4 heterocycles. The number of benzene rings is 1. The number of esters is 1. The highest BCUT2D eigenvalue weighted by molar-refractivity contribution is 7.17. The third-order valence-electron chi connectivity index (χ3n) is 6.80. The van der Waals surface area contributed by atoms with Gasteiger partial charge in [0.25, 0.3) is 5.78 Å². The highest BCUT2D eigenvalue weighted by atomic mass is 32.1. The minimum atomic E-state index is -1.17. The van der Waals surface area contributed by atoms with Crippen molar-refractivity contribution in [1.82, 2.24) is 14.4 Å². The number of anilines is 1. The molecular weight excluding hydrogens is 548 g/mol. The van der Waals surface area contributed by atoms with Crippen molar-refractivity contribution < 1.29 is 34.1 Å². The number of carbonyl (C=O) groups is 3. The summed E-state index contributed by atoms with van der Waals surface area (Å²) in [6, 6.07) is 6.97. The SMILES string of the molecule is CCOC(=O)c1sc(N2C(=O)C(=O)/C(=C(/O)c3nc4c(C)cccn4c3C)C2c2ccc(O)c(OCC)c2)nc1C. The largest absolute Gasteiger partial charge is 0.505 e. The Bertz CT molecular complexity index is 1750. The van der Waals surface area contributed by atoms with Gasteiger partial charge in [-0.3, -0.25) is 14.5 Å². The molecule has 1 unspecified atom stereocenters. The first-order valence-electron chi connectivity index (χ1n) is 12.9. The van der Waals surface area contributed by atoms with E-state index < -0.39 is 29.5 Å². The van der Waals surface area contributed by atoms with E-state index in [0.29, 0.717) is 22.6 Å². The van der Waals surface area contributed by atoms with Crippen LogP contribution in [-0.4, -0.2) is 55.5 Å². The van der Waals surface area contributed by atoms with Crippen LogP contribution in [0.25, 0.3) is 11.4 Å². The third kappa shape index (κ3) is 4.59. The molecule has 41 heavy (non-hydrogen) atoms. The number of aliphatic hydroxyl groups is 1. The average Bonchev–Trinajstić information content (AvgIpc) is 3.57. The van der Waals surface area contributed by atoms with E-state index in [1.807, 2.05) is 19.1 Å². The first-order chi connectivity index (χ1) is 19.6. The first-order valence-corrected chi connectivity index (χ1v) is 13.8. The number of ketones is 1. The zero-order chi connectivity index (χ0) is 29.6. The molecule has 5 rings (SSSR count). The van der Waals surface area contributed by atoms with Crippen molar-refractivity contribution in [3.05, 3.63) is 75.2 Å². The zero-order valence-electron chi connectivity index (χ0n) is 23.1. The fraction of sp³-hybridized carbons (Fsp3) is 0.276. The summed E-state index contributed by atoms with van der Waals surface area (Å²) in [7, 11) is 0. The second-order valence-electron chi connectivity index (χ2n) is 9.39. The molecule has 1 amide bonds. The number of pyridine rings is 1. The van der Waals surface area contributed by atoms with Gasteiger partial charge in [-0.05, 0) is 63.9 Å². The fourth-order valence-corrected chi connectivity index (χ4v) is 5.85. The maximum Gasteiger partial charge on any atom is 0.350 e. The van der Waals surface area contributed by atoms with Crippen molar-refractivity contribution in [2.45, 2.75) is 40.7 Å². The minimum Gasteiger partial charge on any atom is -0.505 e. The number of thiazole rings is 1. The topological polar surface area (TPSA) is 144 Å². The average molecular weight is 577 g/mol. The Kier molecular flexibility index (Phi) is 7.26. The van der Waals surface area contributed by atoms with Gasteiger partial charge in [-0.1, -0.05) is 23.5 Å². The molecule has 1 aliphatic rings. The van der Waals surface area contributed by atoms with Crippen LogP contribution in [0.1, 0.15) is 57.8 Å². The number of phenols is 1. The third-order valence-corrected chi connectivity index (χ3v) is 7.94. The number of Topliss-reactive ketones (excluding diaryl/α,β-unsaturated/α-hetero) is 1. The van der Waals surface area contributed by atoms with Crippen LogP contribution in [0.15, 0.2) is 42.1 Å². The Labute approximate surface area is 239 Å². The van der Waals surface area contributed by atoms with Crippen LogP contribution >= 0.6 is 11.3 Å². The fourth-order valence-electron chi connectivity index (χ4n) is 4.86. The van der Waals surface area contributed by atoms with Gasteiger partial charge in [-0.2, -0.15) is 0 Å². The van der Waals surface area contributed by atoms with E-state index in [2.05, 4.69) is 9.97 Å². The molecule has 212 valence electrons. The maximum atomic E-state index is 13.6. The van der Waals surface area contributed by atoms with Crippen LogP contribution in [0.3, 0.4) is 0 Å². The number of aliphatic hydroxyl groups excluding tert-OH is 1. The Morgan fingerprint density at radius 1 is 1.10 bits per heavy atom. The quantitative estimate of drug-likeness (QED) is 0.139. The Morgan fingerprint density at radius 3 is 2.54 bits per heavy atom. The van der Waals surface area contributed by atoms with Gasteiger partial charge in [-0.15, -0.1) is 0 Å². The smallest absolute Gasteiger partial charge is 0.350 e. The van der Waals surface area contributed by atoms with Crippen molar-refractivity contribution in [3.63, 3.8) is 0 Å². The monoisotopic (exact) mass is 576 g/mol. The number of hydrogen-bond acceptors (Lipinski definition) is 10. The van der Waals surface area contributed by atoms with Gasteiger partial charge in [0, 0.05) is 6.20 Å². The van der Waals surface area contributed by atoms with E-state index in [1.54, 1.807) is 38.3 Å². The highest BCUT2D eigenvalue weighted by Crippen LogP contribution is 2.45. The molecule has 0 bridgehead atoms. The lowest BCUT2D eigenvalue weighted by Gasteiger charge is -2.23. The van der Waals surface area contributed by atoms with Crippen LogP contribution in [0, 0.1) is 20.8 Å². The van der Waals surface area contributed by atoms with Crippen molar-refractivity contribution >= 4 is 45.5 Å². The highest BCUT2D eigenvalue weighted by Gasteiger charge is 2.49. The van der Waals surface area contributed by atoms with Crippen molar-refractivity contribution in [2.24, 2.45) is 0 Å². The van der Waals surface area contributed by atoms with Crippen LogP contribution in [-0.2, 0) is 14.3 Å². The number of aryl methyl sites for hydroxylation is 3. The Hall–Kier alpha value is -4.71. The van der Waals surface area contributed by atoms with Crippen molar-refractivity contribution in [2.75, 3.05) is 18.1 Å². The number of aromatic nitrogens is 3. The summed E-state index contributed by atoms with van der Waals surface area (Å²) in [5.74, 6) is -2.93. The van der Waals surface area contributed by atoms with E-state index in [1.165, 1.54) is 18.2 Å². The molecule has 1 fully saturated rings. The number of imidazole rings is 1. The molecule has 0 saturated carbocycles. The number of aromatic hydroxyl groups is 1. The van der Waals surface area contributed by atoms with E-state index in [0.717, 1.165) is 21.8 Å². The summed E-state index contributed by atoms with van der Waals surface area (Å²) in [4.78, 5) is 50.2. The number of carbonyl (C=O) groups excluding carboxylic acids is 3. The lowest BCUT2D eigenvalue weighted by atomic mass is 9.96. The van der Waals surface area contributed by atoms with Crippen LogP contribution in [0.4, 0.5) is 5.13 Å². The zero-order valence-corrected chi connectivity index (χ0v) is 23.9. The second kappa shape index (κ2) is 10.7. The summed E-state index contributed by atoms with van der Waals surface area (Å²) in [6.45, 7) is 9.07.